The summed E-state index contributed by atoms with van der Waals surface area (Å²) in [6.07, 6.45) is 3.19. The number of carboxylic acid groups (broad SMARTS) is 1. The monoisotopic (exact) mass is 237 g/mol. The SMILES string of the molecule is Nc1c(C(=O)O)ccnc1NC1CCOCC1. The van der Waals surface area contributed by atoms with Crippen LogP contribution in [0.2, 0.25) is 0 Å². The molecule has 1 aliphatic rings. The molecule has 2 rings (SSSR count). The van der Waals surface area contributed by atoms with Gasteiger partial charge in [-0.25, -0.2) is 9.78 Å². The van der Waals surface area contributed by atoms with E-state index in [1.165, 1.54) is 12.3 Å². The van der Waals surface area contributed by atoms with Gasteiger partial charge in [0.25, 0.3) is 0 Å². The third-order valence-electron chi connectivity index (χ3n) is 2.78. The molecule has 0 spiro atoms. The van der Waals surface area contributed by atoms with Crippen LogP contribution in [-0.2, 0) is 4.74 Å². The molecule has 1 fully saturated rings. The van der Waals surface area contributed by atoms with Crippen molar-refractivity contribution in [2.45, 2.75) is 18.9 Å². The first kappa shape index (κ1) is 11.7. The van der Waals surface area contributed by atoms with Gasteiger partial charge in [-0.05, 0) is 18.9 Å². The Balaban J connectivity index is 2.15. The molecular weight excluding hydrogens is 222 g/mol. The molecule has 2 heterocycles. The van der Waals surface area contributed by atoms with Crippen molar-refractivity contribution in [1.29, 1.82) is 0 Å². The minimum absolute atomic E-state index is 0.0783. The number of nitrogens with one attached hydrogen (secondary N) is 1. The zero-order valence-electron chi connectivity index (χ0n) is 9.35. The third kappa shape index (κ3) is 2.65. The lowest BCUT2D eigenvalue weighted by Gasteiger charge is -2.24. The number of aromatic nitrogens is 1. The molecule has 0 bridgehead atoms. The molecule has 0 aliphatic carbocycles. The molecular formula is C11H15N3O3. The van der Waals surface area contributed by atoms with Crippen LogP contribution in [0.5, 0.6) is 0 Å². The Morgan fingerprint density at radius 3 is 2.88 bits per heavy atom. The van der Waals surface area contributed by atoms with E-state index in [9.17, 15) is 4.79 Å². The maximum atomic E-state index is 10.9. The standard InChI is InChI=1S/C11H15N3O3/c12-9-8(11(15)16)1-4-13-10(9)14-7-2-5-17-6-3-7/h1,4,7H,2-3,5-6,12H2,(H,13,14)(H,15,16). The number of hydrogen-bond acceptors (Lipinski definition) is 5. The Bertz CT molecular complexity index is 416. The van der Waals surface area contributed by atoms with E-state index in [0.29, 0.717) is 19.0 Å². The summed E-state index contributed by atoms with van der Waals surface area (Å²) in [4.78, 5) is 15.0. The van der Waals surface area contributed by atoms with Gasteiger partial charge in [-0.3, -0.25) is 0 Å². The molecule has 6 heteroatoms. The molecule has 0 atom stereocenters. The molecule has 17 heavy (non-hydrogen) atoms. The smallest absolute Gasteiger partial charge is 0.337 e. The second kappa shape index (κ2) is 5.01. The van der Waals surface area contributed by atoms with Crippen LogP contribution in [0.15, 0.2) is 12.3 Å². The summed E-state index contributed by atoms with van der Waals surface area (Å²) in [5.41, 5.74) is 6.03. The molecule has 0 aromatic carbocycles. The zero-order chi connectivity index (χ0) is 12.3. The van der Waals surface area contributed by atoms with Crippen LogP contribution in [0, 0.1) is 0 Å². The Morgan fingerprint density at radius 2 is 2.24 bits per heavy atom. The molecule has 1 saturated heterocycles. The maximum absolute atomic E-state index is 10.9. The fourth-order valence-electron chi connectivity index (χ4n) is 1.81. The van der Waals surface area contributed by atoms with Gasteiger partial charge in [-0.2, -0.15) is 0 Å². The van der Waals surface area contributed by atoms with Gasteiger partial charge in [-0.1, -0.05) is 0 Å². The number of nitrogens with zero attached hydrogens (tertiary/aromatic N) is 1. The van der Waals surface area contributed by atoms with Crippen molar-refractivity contribution in [1.82, 2.24) is 4.98 Å². The summed E-state index contributed by atoms with van der Waals surface area (Å²) in [5, 5.41) is 12.1. The van der Waals surface area contributed by atoms with Crippen LogP contribution in [0.1, 0.15) is 23.2 Å². The summed E-state index contributed by atoms with van der Waals surface area (Å²) in [5.74, 6) is -0.600. The van der Waals surface area contributed by atoms with Gasteiger partial charge in [-0.15, -0.1) is 0 Å². The van der Waals surface area contributed by atoms with Gasteiger partial charge in [0.2, 0.25) is 0 Å². The Labute approximate surface area is 98.8 Å². The molecule has 1 aromatic heterocycles. The number of anilines is 2. The number of carboxylic acids is 1. The molecule has 0 radical (unpaired) electrons. The molecule has 0 amide bonds. The number of carbonyl (C=O) groups is 1. The summed E-state index contributed by atoms with van der Waals surface area (Å²) in [6.45, 7) is 1.41. The first-order valence-electron chi connectivity index (χ1n) is 5.50. The van der Waals surface area contributed by atoms with Crippen LogP contribution in [0.3, 0.4) is 0 Å². The predicted octanol–water partition coefficient (Wildman–Crippen LogP) is 0.953. The molecule has 6 nitrogen and oxygen atoms in total. The molecule has 0 unspecified atom stereocenters. The Morgan fingerprint density at radius 1 is 1.53 bits per heavy atom. The highest BCUT2D eigenvalue weighted by atomic mass is 16.5. The van der Waals surface area contributed by atoms with Crippen LogP contribution < -0.4 is 11.1 Å². The van der Waals surface area contributed by atoms with Crippen molar-refractivity contribution < 1.29 is 14.6 Å². The first-order valence-corrected chi connectivity index (χ1v) is 5.50. The van der Waals surface area contributed by atoms with E-state index in [-0.39, 0.29) is 17.3 Å². The maximum Gasteiger partial charge on any atom is 0.337 e. The van der Waals surface area contributed by atoms with Crippen molar-refractivity contribution in [3.05, 3.63) is 17.8 Å². The number of rotatable bonds is 3. The lowest BCUT2D eigenvalue weighted by Crippen LogP contribution is -2.28. The topological polar surface area (TPSA) is 97.5 Å². The molecule has 0 saturated carbocycles. The normalized spacial score (nSPS) is 16.7. The highest BCUT2D eigenvalue weighted by Crippen LogP contribution is 2.22. The fraction of sp³-hybridized carbons (Fsp3) is 0.455. The van der Waals surface area contributed by atoms with Crippen molar-refractivity contribution in [2.24, 2.45) is 0 Å². The number of hydrogen-bond donors (Lipinski definition) is 3. The second-order valence-corrected chi connectivity index (χ2v) is 3.96. The molecule has 1 aromatic rings. The highest BCUT2D eigenvalue weighted by Gasteiger charge is 2.17. The predicted molar refractivity (Wildman–Crippen MR) is 63.1 cm³/mol. The van der Waals surface area contributed by atoms with Crippen LogP contribution in [0.4, 0.5) is 11.5 Å². The summed E-state index contributed by atoms with van der Waals surface area (Å²) in [6, 6.07) is 1.63. The van der Waals surface area contributed by atoms with Gasteiger partial charge in [0.1, 0.15) is 5.82 Å². The average molecular weight is 237 g/mol. The van der Waals surface area contributed by atoms with Gasteiger partial charge in [0.05, 0.1) is 11.3 Å². The van der Waals surface area contributed by atoms with Crippen molar-refractivity contribution >= 4 is 17.5 Å². The third-order valence-corrected chi connectivity index (χ3v) is 2.78. The lowest BCUT2D eigenvalue weighted by atomic mass is 10.1. The minimum Gasteiger partial charge on any atom is -0.478 e. The number of nitrogens with two attached hydrogens (primary N) is 1. The highest BCUT2D eigenvalue weighted by molar-refractivity contribution is 5.96. The summed E-state index contributed by atoms with van der Waals surface area (Å²) in [7, 11) is 0. The van der Waals surface area contributed by atoms with Crippen LogP contribution in [0.25, 0.3) is 0 Å². The quantitative estimate of drug-likeness (QED) is 0.724. The largest absolute Gasteiger partial charge is 0.478 e. The number of ether oxygens (including phenoxy) is 1. The number of pyridine rings is 1. The van der Waals surface area contributed by atoms with E-state index in [1.54, 1.807) is 0 Å². The lowest BCUT2D eigenvalue weighted by molar-refractivity contribution is 0.0698. The Hall–Kier alpha value is -1.82. The first-order chi connectivity index (χ1) is 8.18. The van der Waals surface area contributed by atoms with E-state index in [2.05, 4.69) is 10.3 Å². The van der Waals surface area contributed by atoms with Crippen molar-refractivity contribution in [3.8, 4) is 0 Å². The second-order valence-electron chi connectivity index (χ2n) is 3.96. The van der Waals surface area contributed by atoms with E-state index >= 15 is 0 Å². The number of aromatic carboxylic acids is 1. The van der Waals surface area contributed by atoms with Gasteiger partial charge >= 0.3 is 5.97 Å². The van der Waals surface area contributed by atoms with Gasteiger partial charge < -0.3 is 20.9 Å². The van der Waals surface area contributed by atoms with E-state index in [4.69, 9.17) is 15.6 Å². The summed E-state index contributed by atoms with van der Waals surface area (Å²) < 4.78 is 5.24. The van der Waals surface area contributed by atoms with Crippen LogP contribution >= 0.6 is 0 Å². The van der Waals surface area contributed by atoms with Gasteiger partial charge in [0, 0.05) is 25.5 Å². The van der Waals surface area contributed by atoms with Crippen molar-refractivity contribution in [3.63, 3.8) is 0 Å². The van der Waals surface area contributed by atoms with E-state index in [0.717, 1.165) is 12.8 Å². The average Bonchev–Trinajstić information content (AvgIpc) is 2.33. The molecule has 92 valence electrons. The molecule has 1 aliphatic heterocycles. The number of nitrogen functional groups attached to an aromatic ring is 1. The zero-order valence-corrected chi connectivity index (χ0v) is 9.35. The van der Waals surface area contributed by atoms with Crippen molar-refractivity contribution in [2.75, 3.05) is 24.3 Å². The summed E-state index contributed by atoms with van der Waals surface area (Å²) >= 11 is 0. The van der Waals surface area contributed by atoms with Gasteiger partial charge in [0.15, 0.2) is 0 Å². The fourth-order valence-corrected chi connectivity index (χ4v) is 1.81. The Kier molecular flexibility index (Phi) is 3.43. The minimum atomic E-state index is -1.04. The van der Waals surface area contributed by atoms with E-state index < -0.39 is 5.97 Å². The van der Waals surface area contributed by atoms with Crippen LogP contribution in [-0.4, -0.2) is 35.3 Å². The van der Waals surface area contributed by atoms with E-state index in [1.807, 2.05) is 0 Å². The molecule has 4 N–H and O–H groups in total.